The number of nitrogens with two attached hydrogens (primary N) is 2. The van der Waals surface area contributed by atoms with Crippen LogP contribution in [0.5, 0.6) is 11.5 Å². The summed E-state index contributed by atoms with van der Waals surface area (Å²) in [7, 11) is 0. The first-order chi connectivity index (χ1) is 17.9. The van der Waals surface area contributed by atoms with Crippen LogP contribution in [0.2, 0.25) is 0 Å². The van der Waals surface area contributed by atoms with Crippen molar-refractivity contribution >= 4 is 0 Å². The average Bonchev–Trinajstić information content (AvgIpc) is 2.88. The standard InChI is InChI=1S/C30H41N5O2/c1-21-12-23(16-31)29(36)25(14-21)18-34-9-3-4-10-35(20-28-7-5-6-27(33-28)8-11-34)19-26-15-22(2)13-24(17-32)30(26)37/h5-7,12-15,36-37H,3-4,8-11,16-20,31-32H2,1-2H3. The summed E-state index contributed by atoms with van der Waals surface area (Å²) in [4.78, 5) is 9.74. The molecule has 6 N–H and O–H groups in total. The van der Waals surface area contributed by atoms with Crippen molar-refractivity contribution in [3.8, 4) is 11.5 Å². The molecule has 0 atom stereocenters. The van der Waals surface area contributed by atoms with Gasteiger partial charge in [-0.15, -0.1) is 0 Å². The SMILES string of the molecule is Cc1cc(CN)c(O)c(CN2CCCCN(Cc3cc(C)cc(CN)c3O)Cc3cccc(n3)CC2)c1. The first kappa shape index (κ1) is 27.1. The van der Waals surface area contributed by atoms with Crippen molar-refractivity contribution in [3.63, 3.8) is 0 Å². The summed E-state index contributed by atoms with van der Waals surface area (Å²) in [5, 5.41) is 21.6. The lowest BCUT2D eigenvalue weighted by Crippen LogP contribution is -2.30. The molecule has 7 heteroatoms. The van der Waals surface area contributed by atoms with Crippen LogP contribution in [-0.4, -0.2) is 44.6 Å². The van der Waals surface area contributed by atoms with E-state index in [1.54, 1.807) is 0 Å². The normalized spacial score (nSPS) is 15.8. The van der Waals surface area contributed by atoms with Gasteiger partial charge in [-0.25, -0.2) is 0 Å². The number of aromatic nitrogens is 1. The molecular formula is C30H41N5O2. The number of hydrogen-bond acceptors (Lipinski definition) is 7. The van der Waals surface area contributed by atoms with Crippen LogP contribution in [0, 0.1) is 13.8 Å². The fraction of sp³-hybridized carbons (Fsp3) is 0.433. The maximum Gasteiger partial charge on any atom is 0.124 e. The largest absolute Gasteiger partial charge is 0.507 e. The average molecular weight is 504 g/mol. The van der Waals surface area contributed by atoms with E-state index < -0.39 is 0 Å². The van der Waals surface area contributed by atoms with Gasteiger partial charge in [0.25, 0.3) is 0 Å². The second-order valence-electron chi connectivity index (χ2n) is 10.3. The lowest BCUT2D eigenvalue weighted by atomic mass is 10.0. The molecule has 1 aromatic heterocycles. The third-order valence-electron chi connectivity index (χ3n) is 7.18. The zero-order valence-corrected chi connectivity index (χ0v) is 22.2. The lowest BCUT2D eigenvalue weighted by molar-refractivity contribution is 0.220. The van der Waals surface area contributed by atoms with E-state index >= 15 is 0 Å². The third-order valence-corrected chi connectivity index (χ3v) is 7.18. The Morgan fingerprint density at radius 2 is 1.24 bits per heavy atom. The molecule has 4 rings (SSSR count). The van der Waals surface area contributed by atoms with Crippen LogP contribution in [0.1, 0.15) is 57.6 Å². The molecule has 1 aliphatic rings. The Labute approximate surface area is 220 Å². The highest BCUT2D eigenvalue weighted by molar-refractivity contribution is 5.44. The van der Waals surface area contributed by atoms with E-state index in [4.69, 9.17) is 16.5 Å². The number of pyridine rings is 1. The van der Waals surface area contributed by atoms with Crippen LogP contribution in [0.3, 0.4) is 0 Å². The number of rotatable bonds is 6. The molecule has 7 nitrogen and oxygen atoms in total. The van der Waals surface area contributed by atoms with Gasteiger partial charge in [-0.3, -0.25) is 14.8 Å². The molecule has 0 saturated carbocycles. The maximum absolute atomic E-state index is 10.8. The Balaban J connectivity index is 1.53. The van der Waals surface area contributed by atoms with Gasteiger partial charge >= 0.3 is 0 Å². The zero-order chi connectivity index (χ0) is 26.4. The number of fused-ring (bicyclic) bond motifs is 2. The van der Waals surface area contributed by atoms with Crippen LogP contribution in [0.25, 0.3) is 0 Å². The summed E-state index contributed by atoms with van der Waals surface area (Å²) in [6.07, 6.45) is 2.92. The Hall–Kier alpha value is -2.97. The van der Waals surface area contributed by atoms with E-state index in [1.165, 1.54) is 0 Å². The van der Waals surface area contributed by atoms with Gasteiger partial charge in [0.15, 0.2) is 0 Å². The van der Waals surface area contributed by atoms with Crippen LogP contribution < -0.4 is 11.5 Å². The molecule has 2 heterocycles. The van der Waals surface area contributed by atoms with E-state index in [2.05, 4.69) is 40.1 Å². The van der Waals surface area contributed by atoms with Crippen molar-refractivity contribution in [2.45, 2.75) is 65.8 Å². The summed E-state index contributed by atoms with van der Waals surface area (Å²) >= 11 is 0. The molecule has 0 spiro atoms. The summed E-state index contributed by atoms with van der Waals surface area (Å²) < 4.78 is 0. The number of phenols is 2. The van der Waals surface area contributed by atoms with Gasteiger partial charge in [0.05, 0.1) is 5.69 Å². The van der Waals surface area contributed by atoms with E-state index in [0.29, 0.717) is 37.7 Å². The molecule has 3 aromatic rings. The molecule has 0 radical (unpaired) electrons. The number of nitrogens with zero attached hydrogens (tertiary/aromatic N) is 3. The van der Waals surface area contributed by atoms with Crippen molar-refractivity contribution in [1.82, 2.24) is 14.8 Å². The zero-order valence-electron chi connectivity index (χ0n) is 22.2. The summed E-state index contributed by atoms with van der Waals surface area (Å²) in [5.41, 5.74) is 19.5. The summed E-state index contributed by atoms with van der Waals surface area (Å²) in [6, 6.07) is 14.3. The Bertz CT molecular complexity index is 1210. The van der Waals surface area contributed by atoms with Crippen molar-refractivity contribution < 1.29 is 10.2 Å². The van der Waals surface area contributed by atoms with E-state index in [0.717, 1.165) is 90.2 Å². The van der Waals surface area contributed by atoms with Gasteiger partial charge in [0, 0.05) is 73.6 Å². The predicted octanol–water partition coefficient (Wildman–Crippen LogP) is 3.87. The highest BCUT2D eigenvalue weighted by Crippen LogP contribution is 2.28. The van der Waals surface area contributed by atoms with Crippen molar-refractivity contribution in [2.24, 2.45) is 11.5 Å². The van der Waals surface area contributed by atoms with E-state index in [9.17, 15) is 10.2 Å². The molecule has 198 valence electrons. The van der Waals surface area contributed by atoms with Gasteiger partial charge in [0.1, 0.15) is 11.5 Å². The minimum Gasteiger partial charge on any atom is -0.507 e. The lowest BCUT2D eigenvalue weighted by Gasteiger charge is -2.27. The molecule has 0 aliphatic carbocycles. The minimum atomic E-state index is 0.307. The number of phenolic OH excluding ortho intramolecular Hbond substituents is 2. The Morgan fingerprint density at radius 3 is 1.84 bits per heavy atom. The van der Waals surface area contributed by atoms with Crippen LogP contribution in [-0.2, 0) is 39.1 Å². The monoisotopic (exact) mass is 503 g/mol. The molecular weight excluding hydrogens is 462 g/mol. The topological polar surface area (TPSA) is 112 Å². The second-order valence-corrected chi connectivity index (χ2v) is 10.3. The molecule has 1 aliphatic heterocycles. The fourth-order valence-corrected chi connectivity index (χ4v) is 5.32. The first-order valence-electron chi connectivity index (χ1n) is 13.3. The Kier molecular flexibility index (Phi) is 9.16. The molecule has 2 bridgehead atoms. The number of aryl methyl sites for hydroxylation is 2. The quantitative estimate of drug-likeness (QED) is 0.404. The van der Waals surface area contributed by atoms with Gasteiger partial charge in [-0.05, 0) is 51.9 Å². The van der Waals surface area contributed by atoms with Gasteiger partial charge < -0.3 is 21.7 Å². The van der Waals surface area contributed by atoms with Crippen molar-refractivity contribution in [1.29, 1.82) is 0 Å². The number of benzene rings is 2. The van der Waals surface area contributed by atoms with Crippen LogP contribution in [0.4, 0.5) is 0 Å². The van der Waals surface area contributed by atoms with Crippen molar-refractivity contribution in [3.05, 3.63) is 87.2 Å². The first-order valence-corrected chi connectivity index (χ1v) is 13.3. The Morgan fingerprint density at radius 1 is 0.730 bits per heavy atom. The number of aromatic hydroxyl groups is 2. The smallest absolute Gasteiger partial charge is 0.124 e. The fourth-order valence-electron chi connectivity index (χ4n) is 5.32. The highest BCUT2D eigenvalue weighted by Gasteiger charge is 2.17. The van der Waals surface area contributed by atoms with Gasteiger partial charge in [0.2, 0.25) is 0 Å². The van der Waals surface area contributed by atoms with E-state index in [1.807, 2.05) is 26.0 Å². The molecule has 2 aromatic carbocycles. The predicted molar refractivity (Wildman–Crippen MR) is 148 cm³/mol. The molecule has 0 saturated heterocycles. The van der Waals surface area contributed by atoms with Gasteiger partial charge in [-0.1, -0.05) is 41.5 Å². The minimum absolute atomic E-state index is 0.307. The van der Waals surface area contributed by atoms with Crippen molar-refractivity contribution in [2.75, 3.05) is 19.6 Å². The van der Waals surface area contributed by atoms with Crippen LogP contribution in [0.15, 0.2) is 42.5 Å². The molecule has 0 amide bonds. The maximum atomic E-state index is 10.8. The number of hydrogen-bond donors (Lipinski definition) is 4. The molecule has 37 heavy (non-hydrogen) atoms. The third kappa shape index (κ3) is 7.08. The second kappa shape index (κ2) is 12.5. The molecule has 0 unspecified atom stereocenters. The van der Waals surface area contributed by atoms with Crippen LogP contribution >= 0.6 is 0 Å². The molecule has 0 fully saturated rings. The highest BCUT2D eigenvalue weighted by atomic mass is 16.3. The van der Waals surface area contributed by atoms with E-state index in [-0.39, 0.29) is 0 Å². The summed E-state index contributed by atoms with van der Waals surface area (Å²) in [6.45, 7) is 9.53. The summed E-state index contributed by atoms with van der Waals surface area (Å²) in [5.74, 6) is 0.627. The van der Waals surface area contributed by atoms with Gasteiger partial charge in [-0.2, -0.15) is 0 Å².